The van der Waals surface area contributed by atoms with Gasteiger partial charge in [0.1, 0.15) is 5.70 Å². The Bertz CT molecular complexity index is 425. The SMILES string of the molecule is C=C=C(N)C(=N/C(C)=C(\C)C=C)C(=O)OCC. The molecular weight excluding hydrogens is 216 g/mol. The number of nitrogens with two attached hydrogens (primary N) is 1. The Morgan fingerprint density at radius 2 is 2.12 bits per heavy atom. The summed E-state index contributed by atoms with van der Waals surface area (Å²) < 4.78 is 4.85. The zero-order valence-electron chi connectivity index (χ0n) is 10.5. The molecule has 4 nitrogen and oxygen atoms in total. The van der Waals surface area contributed by atoms with Gasteiger partial charge in [-0.2, -0.15) is 0 Å². The molecule has 0 amide bonds. The van der Waals surface area contributed by atoms with E-state index in [0.29, 0.717) is 5.70 Å². The summed E-state index contributed by atoms with van der Waals surface area (Å²) in [6.07, 6.45) is 1.65. The van der Waals surface area contributed by atoms with E-state index in [1.807, 2.05) is 6.92 Å². The molecule has 4 heteroatoms. The lowest BCUT2D eigenvalue weighted by Gasteiger charge is -2.05. The van der Waals surface area contributed by atoms with Gasteiger partial charge in [-0.15, -0.1) is 5.73 Å². The summed E-state index contributed by atoms with van der Waals surface area (Å²) in [7, 11) is 0. The Hall–Kier alpha value is -2.06. The summed E-state index contributed by atoms with van der Waals surface area (Å²) in [5, 5.41) is 0. The van der Waals surface area contributed by atoms with Crippen molar-refractivity contribution in [2.75, 3.05) is 6.61 Å². The van der Waals surface area contributed by atoms with Crippen LogP contribution >= 0.6 is 0 Å². The second-order valence-electron chi connectivity index (χ2n) is 3.24. The van der Waals surface area contributed by atoms with Gasteiger partial charge in [-0.05, 0) is 26.3 Å². The van der Waals surface area contributed by atoms with Crippen LogP contribution in [0.4, 0.5) is 0 Å². The van der Waals surface area contributed by atoms with Crippen LogP contribution in [0, 0.1) is 0 Å². The monoisotopic (exact) mass is 234 g/mol. The number of rotatable bonds is 5. The molecule has 0 radical (unpaired) electrons. The molecule has 0 saturated carbocycles. The molecule has 0 aliphatic carbocycles. The van der Waals surface area contributed by atoms with Gasteiger partial charge in [0.2, 0.25) is 0 Å². The highest BCUT2D eigenvalue weighted by Crippen LogP contribution is 2.08. The van der Waals surface area contributed by atoms with Gasteiger partial charge in [-0.1, -0.05) is 19.2 Å². The maximum absolute atomic E-state index is 11.6. The first-order valence-electron chi connectivity index (χ1n) is 5.19. The lowest BCUT2D eigenvalue weighted by molar-refractivity contribution is -0.134. The van der Waals surface area contributed by atoms with Crippen molar-refractivity contribution in [1.82, 2.24) is 0 Å². The lowest BCUT2D eigenvalue weighted by atomic mass is 10.2. The average Bonchev–Trinajstić information content (AvgIpc) is 2.33. The van der Waals surface area contributed by atoms with E-state index < -0.39 is 5.97 Å². The van der Waals surface area contributed by atoms with E-state index in [1.165, 1.54) is 0 Å². The number of carbonyl (C=O) groups is 1. The molecule has 0 aromatic carbocycles. The van der Waals surface area contributed by atoms with Gasteiger partial charge < -0.3 is 10.5 Å². The maximum Gasteiger partial charge on any atom is 0.359 e. The predicted molar refractivity (Wildman–Crippen MR) is 69.5 cm³/mol. The fourth-order valence-electron chi connectivity index (χ4n) is 0.903. The van der Waals surface area contributed by atoms with Gasteiger partial charge in [0, 0.05) is 5.70 Å². The van der Waals surface area contributed by atoms with Gasteiger partial charge in [0.15, 0.2) is 5.71 Å². The van der Waals surface area contributed by atoms with Gasteiger partial charge in [-0.25, -0.2) is 9.79 Å². The third-order valence-electron chi connectivity index (χ3n) is 2.07. The molecule has 0 rings (SSSR count). The van der Waals surface area contributed by atoms with Crippen molar-refractivity contribution >= 4 is 11.7 Å². The molecule has 0 aliphatic heterocycles. The molecular formula is C13H18N2O2. The highest BCUT2D eigenvalue weighted by atomic mass is 16.5. The Kier molecular flexibility index (Phi) is 6.37. The Morgan fingerprint density at radius 1 is 1.53 bits per heavy atom. The van der Waals surface area contributed by atoms with E-state index in [-0.39, 0.29) is 18.0 Å². The molecule has 0 fully saturated rings. The number of hydrogen-bond acceptors (Lipinski definition) is 4. The topological polar surface area (TPSA) is 64.7 Å². The van der Waals surface area contributed by atoms with E-state index in [1.54, 1.807) is 19.9 Å². The zero-order valence-corrected chi connectivity index (χ0v) is 10.5. The number of ether oxygens (including phenoxy) is 1. The zero-order chi connectivity index (χ0) is 13.4. The lowest BCUT2D eigenvalue weighted by Crippen LogP contribution is -2.23. The molecule has 0 unspecified atom stereocenters. The van der Waals surface area contributed by atoms with Gasteiger partial charge in [-0.3, -0.25) is 0 Å². The summed E-state index contributed by atoms with van der Waals surface area (Å²) in [6, 6.07) is 0. The first-order valence-corrected chi connectivity index (χ1v) is 5.19. The quantitative estimate of drug-likeness (QED) is 0.343. The van der Waals surface area contributed by atoms with Gasteiger partial charge in [0.05, 0.1) is 6.61 Å². The summed E-state index contributed by atoms with van der Waals surface area (Å²) in [6.45, 7) is 12.6. The van der Waals surface area contributed by atoms with Crippen LogP contribution in [0.5, 0.6) is 0 Å². The molecule has 0 aromatic rings. The standard InChI is InChI=1S/C13H18N2O2/c1-6-9(4)10(5)15-12(11(14)7-2)13(16)17-8-3/h6H,1-2,8,14H2,3-5H3/b10-9+,15-12?. The number of allylic oxidation sites excluding steroid dienone is 3. The summed E-state index contributed by atoms with van der Waals surface area (Å²) in [4.78, 5) is 15.7. The van der Waals surface area contributed by atoms with Crippen LogP contribution < -0.4 is 5.73 Å². The van der Waals surface area contributed by atoms with Crippen molar-refractivity contribution in [3.63, 3.8) is 0 Å². The summed E-state index contributed by atoms with van der Waals surface area (Å²) in [5.41, 5.74) is 9.61. The number of hydrogen-bond donors (Lipinski definition) is 1. The average molecular weight is 234 g/mol. The first-order chi connectivity index (χ1) is 7.97. The second kappa shape index (κ2) is 7.25. The summed E-state index contributed by atoms with van der Waals surface area (Å²) in [5.74, 6) is -0.586. The van der Waals surface area contributed by atoms with Crippen molar-refractivity contribution in [3.8, 4) is 0 Å². The van der Waals surface area contributed by atoms with E-state index >= 15 is 0 Å². The highest BCUT2D eigenvalue weighted by molar-refractivity contribution is 6.43. The van der Waals surface area contributed by atoms with Crippen molar-refractivity contribution in [2.45, 2.75) is 20.8 Å². The van der Waals surface area contributed by atoms with Crippen molar-refractivity contribution in [2.24, 2.45) is 10.7 Å². The van der Waals surface area contributed by atoms with Crippen molar-refractivity contribution < 1.29 is 9.53 Å². The largest absolute Gasteiger partial charge is 0.461 e. The highest BCUT2D eigenvalue weighted by Gasteiger charge is 2.15. The number of esters is 1. The molecule has 0 atom stereocenters. The Morgan fingerprint density at radius 3 is 2.53 bits per heavy atom. The van der Waals surface area contributed by atoms with Crippen LogP contribution in [0.1, 0.15) is 20.8 Å². The minimum atomic E-state index is -0.586. The minimum Gasteiger partial charge on any atom is -0.461 e. The van der Waals surface area contributed by atoms with E-state index in [4.69, 9.17) is 10.5 Å². The van der Waals surface area contributed by atoms with Crippen LogP contribution in [-0.4, -0.2) is 18.3 Å². The van der Waals surface area contributed by atoms with Crippen LogP contribution in [0.15, 0.2) is 46.9 Å². The molecule has 92 valence electrons. The normalized spacial score (nSPS) is 12.3. The number of aliphatic imine (C=N–C) groups is 1. The maximum atomic E-state index is 11.6. The third kappa shape index (κ3) is 4.53. The van der Waals surface area contributed by atoms with Gasteiger partial charge >= 0.3 is 5.97 Å². The van der Waals surface area contributed by atoms with Gasteiger partial charge in [0.25, 0.3) is 0 Å². The van der Waals surface area contributed by atoms with Crippen LogP contribution in [0.2, 0.25) is 0 Å². The van der Waals surface area contributed by atoms with Crippen molar-refractivity contribution in [1.29, 1.82) is 0 Å². The molecule has 2 N–H and O–H groups in total. The third-order valence-corrected chi connectivity index (χ3v) is 2.07. The molecule has 17 heavy (non-hydrogen) atoms. The number of carbonyl (C=O) groups excluding carboxylic acids is 1. The van der Waals surface area contributed by atoms with E-state index in [0.717, 1.165) is 5.57 Å². The second-order valence-corrected chi connectivity index (χ2v) is 3.24. The molecule has 0 saturated heterocycles. The van der Waals surface area contributed by atoms with Crippen LogP contribution in [0.25, 0.3) is 0 Å². The van der Waals surface area contributed by atoms with Crippen LogP contribution in [-0.2, 0) is 9.53 Å². The van der Waals surface area contributed by atoms with Crippen LogP contribution in [0.3, 0.4) is 0 Å². The molecule has 0 heterocycles. The fourth-order valence-corrected chi connectivity index (χ4v) is 0.903. The molecule has 0 bridgehead atoms. The van der Waals surface area contributed by atoms with E-state index in [2.05, 4.69) is 23.9 Å². The fraction of sp³-hybridized carbons (Fsp3) is 0.308. The molecule has 0 aliphatic rings. The smallest absolute Gasteiger partial charge is 0.359 e. The first kappa shape index (κ1) is 14.9. The molecule has 0 spiro atoms. The van der Waals surface area contributed by atoms with E-state index in [9.17, 15) is 4.79 Å². The molecule has 0 aromatic heterocycles. The summed E-state index contributed by atoms with van der Waals surface area (Å²) >= 11 is 0. The predicted octanol–water partition coefficient (Wildman–Crippen LogP) is 2.10. The Balaban J connectivity index is 5.49. The minimum absolute atomic E-state index is 0.0144. The number of nitrogens with zero attached hydrogens (tertiary/aromatic N) is 1. The Labute approximate surface area is 102 Å². The van der Waals surface area contributed by atoms with Crippen molar-refractivity contribution in [3.05, 3.63) is 41.9 Å².